The lowest BCUT2D eigenvalue weighted by molar-refractivity contribution is -0.120. The van der Waals surface area contributed by atoms with Crippen molar-refractivity contribution in [3.8, 4) is 0 Å². The van der Waals surface area contributed by atoms with E-state index < -0.39 is 0 Å². The highest BCUT2D eigenvalue weighted by atomic mass is 16.2. The minimum absolute atomic E-state index is 0.182. The first-order valence-corrected chi connectivity index (χ1v) is 10.9. The summed E-state index contributed by atoms with van der Waals surface area (Å²) in [4.78, 5) is 20.3. The third-order valence-electron chi connectivity index (χ3n) is 6.53. The highest BCUT2D eigenvalue weighted by Gasteiger charge is 2.36. The van der Waals surface area contributed by atoms with Crippen molar-refractivity contribution in [2.24, 2.45) is 0 Å². The van der Waals surface area contributed by atoms with Gasteiger partial charge in [-0.2, -0.15) is 0 Å². The number of nitrogens with zero attached hydrogens (tertiary/aromatic N) is 3. The van der Waals surface area contributed by atoms with E-state index in [1.54, 1.807) is 0 Å². The average molecular weight is 404 g/mol. The molecule has 2 aromatic rings. The van der Waals surface area contributed by atoms with Crippen LogP contribution in [0.2, 0.25) is 0 Å². The summed E-state index contributed by atoms with van der Waals surface area (Å²) < 4.78 is 0. The second-order valence-corrected chi connectivity index (χ2v) is 9.26. The number of piperazine rings is 1. The summed E-state index contributed by atoms with van der Waals surface area (Å²) in [6, 6.07) is 15.0. The highest BCUT2D eigenvalue weighted by Crippen LogP contribution is 2.40. The van der Waals surface area contributed by atoms with E-state index in [0.29, 0.717) is 6.54 Å². The fourth-order valence-electron chi connectivity index (χ4n) is 4.81. The van der Waals surface area contributed by atoms with Gasteiger partial charge in [0.1, 0.15) is 0 Å². The van der Waals surface area contributed by atoms with Crippen LogP contribution in [0.5, 0.6) is 0 Å². The largest absolute Gasteiger partial charge is 0.369 e. The number of aryl methyl sites for hydroxylation is 2. The molecule has 0 spiro atoms. The van der Waals surface area contributed by atoms with Gasteiger partial charge in [-0.3, -0.25) is 9.69 Å². The number of hydrogen-bond acceptors (Lipinski definition) is 3. The van der Waals surface area contributed by atoms with Gasteiger partial charge in [0.25, 0.3) is 0 Å². The summed E-state index contributed by atoms with van der Waals surface area (Å²) in [6.45, 7) is 14.9. The maximum Gasteiger partial charge on any atom is 0.241 e. The van der Waals surface area contributed by atoms with Crippen molar-refractivity contribution in [3.63, 3.8) is 0 Å². The molecule has 2 aromatic carbocycles. The molecule has 0 unspecified atom stereocenters. The number of rotatable bonds is 3. The highest BCUT2D eigenvalue weighted by molar-refractivity contribution is 6.01. The van der Waals surface area contributed by atoms with Crippen LogP contribution in [0.25, 0.3) is 5.57 Å². The second-order valence-electron chi connectivity index (χ2n) is 9.26. The van der Waals surface area contributed by atoms with E-state index in [4.69, 9.17) is 0 Å². The first-order chi connectivity index (χ1) is 14.3. The number of carbonyl (C=O) groups is 1. The number of benzene rings is 2. The molecule has 4 rings (SSSR count). The van der Waals surface area contributed by atoms with E-state index in [9.17, 15) is 4.79 Å². The van der Waals surface area contributed by atoms with Crippen molar-refractivity contribution in [1.82, 2.24) is 4.90 Å². The number of para-hydroxylation sites is 1. The Morgan fingerprint density at radius 2 is 1.57 bits per heavy atom. The number of hydrogen-bond donors (Lipinski definition) is 0. The SMILES string of the molecule is CC1=CC(C)(C)N(C(=O)CN2CCN(c3ccccc3)CC2)c2cc(C)c(C)cc21. The lowest BCUT2D eigenvalue weighted by atomic mass is 9.87. The van der Waals surface area contributed by atoms with Crippen LogP contribution in [0.4, 0.5) is 11.4 Å². The Morgan fingerprint density at radius 3 is 2.23 bits per heavy atom. The molecule has 1 fully saturated rings. The van der Waals surface area contributed by atoms with E-state index in [0.717, 1.165) is 31.9 Å². The molecule has 4 nitrogen and oxygen atoms in total. The maximum atomic E-state index is 13.5. The lowest BCUT2D eigenvalue weighted by Gasteiger charge is -2.43. The first kappa shape index (κ1) is 20.7. The van der Waals surface area contributed by atoms with Gasteiger partial charge >= 0.3 is 0 Å². The van der Waals surface area contributed by atoms with Crippen molar-refractivity contribution in [1.29, 1.82) is 0 Å². The molecule has 1 amide bonds. The minimum atomic E-state index is -0.332. The van der Waals surface area contributed by atoms with Gasteiger partial charge in [0.15, 0.2) is 0 Å². The molecule has 0 bridgehead atoms. The Bertz CT molecular complexity index is 969. The summed E-state index contributed by atoms with van der Waals surface area (Å²) >= 11 is 0. The lowest BCUT2D eigenvalue weighted by Crippen LogP contribution is -2.55. The summed E-state index contributed by atoms with van der Waals surface area (Å²) in [5.74, 6) is 0.182. The van der Waals surface area contributed by atoms with Crippen LogP contribution < -0.4 is 9.80 Å². The molecule has 30 heavy (non-hydrogen) atoms. The molecular formula is C26H33N3O. The van der Waals surface area contributed by atoms with Gasteiger partial charge in [-0.25, -0.2) is 0 Å². The van der Waals surface area contributed by atoms with Crippen LogP contribution in [-0.2, 0) is 4.79 Å². The smallest absolute Gasteiger partial charge is 0.241 e. The zero-order valence-electron chi connectivity index (χ0n) is 18.9. The summed E-state index contributed by atoms with van der Waals surface area (Å²) in [7, 11) is 0. The number of carbonyl (C=O) groups excluding carboxylic acids is 1. The molecule has 0 aliphatic carbocycles. The molecule has 2 heterocycles. The van der Waals surface area contributed by atoms with Crippen molar-refractivity contribution in [3.05, 3.63) is 65.2 Å². The molecule has 0 saturated carbocycles. The number of amides is 1. The molecule has 0 N–H and O–H groups in total. The fourth-order valence-corrected chi connectivity index (χ4v) is 4.81. The Kier molecular flexibility index (Phi) is 5.46. The molecule has 2 aliphatic heterocycles. The van der Waals surface area contributed by atoms with E-state index >= 15 is 0 Å². The Balaban J connectivity index is 1.50. The van der Waals surface area contributed by atoms with Crippen LogP contribution in [0.3, 0.4) is 0 Å². The zero-order chi connectivity index (χ0) is 21.5. The van der Waals surface area contributed by atoms with E-state index in [2.05, 4.69) is 93.0 Å². The summed E-state index contributed by atoms with van der Waals surface area (Å²) in [6.07, 6.45) is 2.23. The van der Waals surface area contributed by atoms with Crippen LogP contribution in [0.1, 0.15) is 37.5 Å². The number of fused-ring (bicyclic) bond motifs is 1. The third-order valence-corrected chi connectivity index (χ3v) is 6.53. The molecule has 1 saturated heterocycles. The molecular weight excluding hydrogens is 370 g/mol. The van der Waals surface area contributed by atoms with Crippen molar-refractivity contribution in [2.45, 2.75) is 40.2 Å². The predicted molar refractivity (Wildman–Crippen MR) is 126 cm³/mol. The van der Waals surface area contributed by atoms with Crippen LogP contribution in [0, 0.1) is 13.8 Å². The molecule has 0 atom stereocenters. The van der Waals surface area contributed by atoms with E-state index in [1.165, 1.54) is 28.0 Å². The standard InChI is InChI=1S/C26H33N3O/c1-19-15-23-21(3)17-26(4,5)29(24(23)16-20(19)2)25(30)18-27-11-13-28(14-12-27)22-9-7-6-8-10-22/h6-10,15-17H,11-14,18H2,1-5H3. The van der Waals surface area contributed by atoms with Crippen LogP contribution in [-0.4, -0.2) is 49.1 Å². The van der Waals surface area contributed by atoms with Crippen LogP contribution in [0.15, 0.2) is 48.5 Å². The van der Waals surface area contributed by atoms with Crippen molar-refractivity contribution in [2.75, 3.05) is 42.5 Å². The molecule has 0 aromatic heterocycles. The summed E-state index contributed by atoms with van der Waals surface area (Å²) in [5, 5.41) is 0. The monoisotopic (exact) mass is 403 g/mol. The average Bonchev–Trinajstić information content (AvgIpc) is 2.70. The first-order valence-electron chi connectivity index (χ1n) is 10.9. The van der Waals surface area contributed by atoms with E-state index in [-0.39, 0.29) is 11.4 Å². The van der Waals surface area contributed by atoms with Gasteiger partial charge < -0.3 is 9.80 Å². The third kappa shape index (κ3) is 3.89. The molecule has 2 aliphatic rings. The van der Waals surface area contributed by atoms with Gasteiger partial charge in [0.2, 0.25) is 5.91 Å². The van der Waals surface area contributed by atoms with Gasteiger partial charge in [-0.15, -0.1) is 0 Å². The topological polar surface area (TPSA) is 26.8 Å². The van der Waals surface area contributed by atoms with Crippen molar-refractivity contribution < 1.29 is 4.79 Å². The quantitative estimate of drug-likeness (QED) is 0.746. The normalized spacial score (nSPS) is 18.8. The molecule has 4 heteroatoms. The van der Waals surface area contributed by atoms with Gasteiger partial charge in [-0.1, -0.05) is 24.3 Å². The van der Waals surface area contributed by atoms with Crippen LogP contribution >= 0.6 is 0 Å². The number of allylic oxidation sites excluding steroid dienone is 1. The summed E-state index contributed by atoms with van der Waals surface area (Å²) in [5.41, 5.74) is 6.91. The number of anilines is 2. The van der Waals surface area contributed by atoms with Gasteiger partial charge in [0, 0.05) is 37.4 Å². The maximum absolute atomic E-state index is 13.5. The van der Waals surface area contributed by atoms with E-state index in [1.807, 2.05) is 4.90 Å². The Labute approximate surface area is 180 Å². The minimum Gasteiger partial charge on any atom is -0.369 e. The Hall–Kier alpha value is -2.59. The second kappa shape index (κ2) is 7.92. The zero-order valence-corrected chi connectivity index (χ0v) is 18.9. The van der Waals surface area contributed by atoms with Crippen molar-refractivity contribution >= 4 is 22.9 Å². The van der Waals surface area contributed by atoms with Gasteiger partial charge in [-0.05, 0) is 75.6 Å². The van der Waals surface area contributed by atoms with Gasteiger partial charge in [0.05, 0.1) is 17.8 Å². The fraction of sp³-hybridized carbons (Fsp3) is 0.423. The molecule has 158 valence electrons. The predicted octanol–water partition coefficient (Wildman–Crippen LogP) is 4.65. The Morgan fingerprint density at radius 1 is 0.933 bits per heavy atom. The molecule has 0 radical (unpaired) electrons.